The van der Waals surface area contributed by atoms with Crippen LogP contribution in [0.25, 0.3) is 0 Å². The summed E-state index contributed by atoms with van der Waals surface area (Å²) < 4.78 is 10.6. The highest BCUT2D eigenvalue weighted by molar-refractivity contribution is 5.90. The number of carbonyl (C=O) groups excluding carboxylic acids is 2. The molecule has 1 atom stereocenters. The van der Waals surface area contributed by atoms with Gasteiger partial charge in [-0.25, -0.2) is 9.59 Å². The molecule has 2 rings (SSSR count). The first-order chi connectivity index (χ1) is 12.7. The van der Waals surface area contributed by atoms with E-state index in [0.29, 0.717) is 16.9 Å². The standard InChI is InChI=1S/C21H25NO5/c1-21(2,3)27-20(25)22(4)14-18(23)15-10-12-17(13-11-15)26-19(24)16-8-6-5-7-9-16/h5-13,18,23H,14H2,1-4H3. The van der Waals surface area contributed by atoms with Crippen molar-refractivity contribution in [3.05, 3.63) is 65.7 Å². The van der Waals surface area contributed by atoms with Gasteiger partial charge in [0.15, 0.2) is 0 Å². The summed E-state index contributed by atoms with van der Waals surface area (Å²) in [5.74, 6) is -0.0751. The lowest BCUT2D eigenvalue weighted by Crippen LogP contribution is -2.36. The first-order valence-electron chi connectivity index (χ1n) is 8.65. The third-order valence-corrected chi connectivity index (χ3v) is 3.64. The Morgan fingerprint density at radius 1 is 1.04 bits per heavy atom. The fraction of sp³-hybridized carbons (Fsp3) is 0.333. The maximum absolute atomic E-state index is 12.0. The number of aliphatic hydroxyl groups excluding tert-OH is 1. The molecule has 0 bridgehead atoms. The van der Waals surface area contributed by atoms with E-state index in [1.807, 2.05) is 6.07 Å². The van der Waals surface area contributed by atoms with Gasteiger partial charge in [-0.15, -0.1) is 0 Å². The van der Waals surface area contributed by atoms with Crippen molar-refractivity contribution in [3.8, 4) is 5.75 Å². The molecule has 6 heteroatoms. The summed E-state index contributed by atoms with van der Waals surface area (Å²) in [4.78, 5) is 25.3. The molecular weight excluding hydrogens is 346 g/mol. The van der Waals surface area contributed by atoms with E-state index in [2.05, 4.69) is 0 Å². The first-order valence-corrected chi connectivity index (χ1v) is 8.65. The van der Waals surface area contributed by atoms with Crippen molar-refractivity contribution in [2.24, 2.45) is 0 Å². The SMILES string of the molecule is CN(CC(O)c1ccc(OC(=O)c2ccccc2)cc1)C(=O)OC(C)(C)C. The van der Waals surface area contributed by atoms with Gasteiger partial charge in [-0.3, -0.25) is 0 Å². The van der Waals surface area contributed by atoms with E-state index in [-0.39, 0.29) is 6.54 Å². The molecule has 0 fully saturated rings. The zero-order valence-electron chi connectivity index (χ0n) is 16.0. The number of ether oxygens (including phenoxy) is 2. The van der Waals surface area contributed by atoms with Crippen LogP contribution in [0, 0.1) is 0 Å². The number of benzene rings is 2. The molecule has 0 radical (unpaired) electrons. The van der Waals surface area contributed by atoms with Gasteiger partial charge in [0.1, 0.15) is 11.4 Å². The first kappa shape index (κ1) is 20.5. The maximum Gasteiger partial charge on any atom is 0.410 e. The fourth-order valence-corrected chi connectivity index (χ4v) is 2.28. The molecule has 0 saturated carbocycles. The highest BCUT2D eigenvalue weighted by Gasteiger charge is 2.22. The minimum Gasteiger partial charge on any atom is -0.444 e. The lowest BCUT2D eigenvalue weighted by molar-refractivity contribution is 0.0205. The van der Waals surface area contributed by atoms with E-state index >= 15 is 0 Å². The number of amides is 1. The maximum atomic E-state index is 12.0. The Kier molecular flexibility index (Phi) is 6.58. The van der Waals surface area contributed by atoms with Gasteiger partial charge in [0.2, 0.25) is 0 Å². The quantitative estimate of drug-likeness (QED) is 0.639. The minimum absolute atomic E-state index is 0.0814. The van der Waals surface area contributed by atoms with Gasteiger partial charge >= 0.3 is 12.1 Å². The molecule has 27 heavy (non-hydrogen) atoms. The van der Waals surface area contributed by atoms with Crippen LogP contribution < -0.4 is 4.74 Å². The third kappa shape index (κ3) is 6.42. The van der Waals surface area contributed by atoms with Crippen molar-refractivity contribution in [2.75, 3.05) is 13.6 Å². The minimum atomic E-state index is -0.888. The van der Waals surface area contributed by atoms with Crippen molar-refractivity contribution >= 4 is 12.1 Å². The largest absolute Gasteiger partial charge is 0.444 e. The average molecular weight is 371 g/mol. The predicted octanol–water partition coefficient (Wildman–Crippen LogP) is 3.81. The monoisotopic (exact) mass is 371 g/mol. The summed E-state index contributed by atoms with van der Waals surface area (Å²) >= 11 is 0. The smallest absolute Gasteiger partial charge is 0.410 e. The molecule has 0 saturated heterocycles. The van der Waals surface area contributed by atoms with Crippen LogP contribution in [0.5, 0.6) is 5.75 Å². The van der Waals surface area contributed by atoms with Crippen molar-refractivity contribution < 1.29 is 24.2 Å². The van der Waals surface area contributed by atoms with Gasteiger partial charge in [0.25, 0.3) is 0 Å². The summed E-state index contributed by atoms with van der Waals surface area (Å²) in [5, 5.41) is 10.3. The summed E-state index contributed by atoms with van der Waals surface area (Å²) in [5.41, 5.74) is 0.464. The Hall–Kier alpha value is -2.86. The summed E-state index contributed by atoms with van der Waals surface area (Å²) in [6, 6.07) is 15.2. The zero-order chi connectivity index (χ0) is 20.0. The van der Waals surface area contributed by atoms with Gasteiger partial charge in [-0.2, -0.15) is 0 Å². The van der Waals surface area contributed by atoms with Crippen LogP contribution in [0.2, 0.25) is 0 Å². The molecule has 0 aromatic heterocycles. The normalized spacial score (nSPS) is 12.2. The molecular formula is C21H25NO5. The van der Waals surface area contributed by atoms with Gasteiger partial charge in [-0.05, 0) is 50.6 Å². The molecule has 0 heterocycles. The molecule has 1 amide bonds. The van der Waals surface area contributed by atoms with Crippen molar-refractivity contribution in [2.45, 2.75) is 32.5 Å². The second kappa shape index (κ2) is 8.68. The van der Waals surface area contributed by atoms with Crippen LogP contribution in [0.15, 0.2) is 54.6 Å². The van der Waals surface area contributed by atoms with E-state index in [1.54, 1.807) is 76.3 Å². The third-order valence-electron chi connectivity index (χ3n) is 3.64. The number of likely N-dealkylation sites (N-methyl/N-ethyl adjacent to an activating group) is 1. The van der Waals surface area contributed by atoms with Crippen molar-refractivity contribution in [3.63, 3.8) is 0 Å². The second-order valence-corrected chi connectivity index (χ2v) is 7.20. The van der Waals surface area contributed by atoms with Gasteiger partial charge in [0, 0.05) is 7.05 Å². The molecule has 2 aromatic carbocycles. The van der Waals surface area contributed by atoms with E-state index in [9.17, 15) is 14.7 Å². The Balaban J connectivity index is 1.94. The average Bonchev–Trinajstić information content (AvgIpc) is 2.61. The lowest BCUT2D eigenvalue weighted by Gasteiger charge is -2.26. The van der Waals surface area contributed by atoms with Gasteiger partial charge in [-0.1, -0.05) is 30.3 Å². The summed E-state index contributed by atoms with van der Waals surface area (Å²) in [7, 11) is 1.56. The molecule has 0 aliphatic carbocycles. The molecule has 2 aromatic rings. The molecule has 0 aliphatic rings. The zero-order valence-corrected chi connectivity index (χ0v) is 16.0. The number of esters is 1. The van der Waals surface area contributed by atoms with Crippen LogP contribution in [-0.2, 0) is 4.74 Å². The van der Waals surface area contributed by atoms with Crippen LogP contribution in [0.4, 0.5) is 4.79 Å². The van der Waals surface area contributed by atoms with Crippen molar-refractivity contribution in [1.82, 2.24) is 4.90 Å². The summed E-state index contributed by atoms with van der Waals surface area (Å²) in [6.07, 6.45) is -1.39. The summed E-state index contributed by atoms with van der Waals surface area (Å²) in [6.45, 7) is 5.43. The van der Waals surface area contributed by atoms with Gasteiger partial charge in [0.05, 0.1) is 18.2 Å². The topological polar surface area (TPSA) is 76.1 Å². The molecule has 0 aliphatic heterocycles. The molecule has 0 spiro atoms. The molecule has 1 N–H and O–H groups in total. The van der Waals surface area contributed by atoms with Gasteiger partial charge < -0.3 is 19.5 Å². The van der Waals surface area contributed by atoms with E-state index in [0.717, 1.165) is 0 Å². The van der Waals surface area contributed by atoms with E-state index in [1.165, 1.54) is 4.90 Å². The second-order valence-electron chi connectivity index (χ2n) is 7.20. The van der Waals surface area contributed by atoms with E-state index in [4.69, 9.17) is 9.47 Å². The number of aliphatic hydroxyl groups is 1. The predicted molar refractivity (Wildman–Crippen MR) is 102 cm³/mol. The van der Waals surface area contributed by atoms with E-state index < -0.39 is 23.8 Å². The van der Waals surface area contributed by atoms with Crippen LogP contribution in [0.1, 0.15) is 42.8 Å². The number of carbonyl (C=O) groups is 2. The number of nitrogens with zero attached hydrogens (tertiary/aromatic N) is 1. The highest BCUT2D eigenvalue weighted by atomic mass is 16.6. The fourth-order valence-electron chi connectivity index (χ4n) is 2.28. The number of hydrogen-bond acceptors (Lipinski definition) is 5. The van der Waals surface area contributed by atoms with Crippen LogP contribution >= 0.6 is 0 Å². The van der Waals surface area contributed by atoms with Crippen LogP contribution in [-0.4, -0.2) is 41.3 Å². The number of hydrogen-bond donors (Lipinski definition) is 1. The lowest BCUT2D eigenvalue weighted by atomic mass is 10.1. The molecule has 144 valence electrons. The Bertz CT molecular complexity index is 765. The highest BCUT2D eigenvalue weighted by Crippen LogP contribution is 2.20. The molecule has 6 nitrogen and oxygen atoms in total. The Labute approximate surface area is 159 Å². The molecule has 1 unspecified atom stereocenters. The Morgan fingerprint density at radius 3 is 2.19 bits per heavy atom. The Morgan fingerprint density at radius 2 is 1.63 bits per heavy atom. The van der Waals surface area contributed by atoms with Crippen molar-refractivity contribution in [1.29, 1.82) is 0 Å². The van der Waals surface area contributed by atoms with Crippen LogP contribution in [0.3, 0.4) is 0 Å². The number of rotatable bonds is 5.